The van der Waals surface area contributed by atoms with Crippen molar-refractivity contribution in [2.45, 2.75) is 11.4 Å². The molecule has 29 heavy (non-hydrogen) atoms. The van der Waals surface area contributed by atoms with Gasteiger partial charge in [0.1, 0.15) is 22.1 Å². The van der Waals surface area contributed by atoms with E-state index in [0.717, 1.165) is 5.56 Å². The summed E-state index contributed by atoms with van der Waals surface area (Å²) in [7, 11) is 2.58. The number of ether oxygens (including phenoxy) is 3. The summed E-state index contributed by atoms with van der Waals surface area (Å²) < 4.78 is 32.4. The highest BCUT2D eigenvalue weighted by Gasteiger charge is 2.18. The van der Waals surface area contributed by atoms with Crippen molar-refractivity contribution in [1.82, 2.24) is 19.5 Å². The van der Waals surface area contributed by atoms with E-state index in [0.29, 0.717) is 28.8 Å². The third-order valence-corrected chi connectivity index (χ3v) is 5.12. The number of nitrogens with one attached hydrogen (secondary N) is 1. The van der Waals surface area contributed by atoms with E-state index in [1.165, 1.54) is 21.3 Å². The zero-order valence-electron chi connectivity index (χ0n) is 16.1. The average Bonchev–Trinajstić information content (AvgIpc) is 3.26. The highest BCUT2D eigenvalue weighted by Crippen LogP contribution is 2.27. The summed E-state index contributed by atoms with van der Waals surface area (Å²) in [5.41, 5.74) is 0.831. The van der Waals surface area contributed by atoms with Crippen LogP contribution in [0.1, 0.15) is 16.1 Å². The summed E-state index contributed by atoms with van der Waals surface area (Å²) in [5, 5.41) is 4.14. The van der Waals surface area contributed by atoms with E-state index in [-0.39, 0.29) is 5.69 Å². The van der Waals surface area contributed by atoms with E-state index in [2.05, 4.69) is 14.8 Å². The number of aromatic nitrogens is 3. The molecule has 1 N–H and O–H groups in total. The van der Waals surface area contributed by atoms with E-state index >= 15 is 0 Å². The quantitative estimate of drug-likeness (QED) is 0.597. The molecule has 3 aromatic rings. The van der Waals surface area contributed by atoms with Crippen LogP contribution < -0.4 is 18.9 Å². The van der Waals surface area contributed by atoms with Crippen LogP contribution in [0, 0.1) is 0 Å². The molecule has 1 aromatic carbocycles. The fourth-order valence-electron chi connectivity index (χ4n) is 2.58. The monoisotopic (exact) mass is 416 g/mol. The Kier molecular flexibility index (Phi) is 6.45. The van der Waals surface area contributed by atoms with Gasteiger partial charge in [0.15, 0.2) is 11.0 Å². The Morgan fingerprint density at radius 1 is 1.14 bits per heavy atom. The lowest BCUT2D eigenvalue weighted by atomic mass is 10.2. The first-order valence-corrected chi connectivity index (χ1v) is 9.66. The van der Waals surface area contributed by atoms with Gasteiger partial charge in [-0.2, -0.15) is 5.10 Å². The normalized spacial score (nSPS) is 11.6. The molecule has 10 heteroatoms. The molecule has 0 saturated carbocycles. The molecule has 2 heterocycles. The minimum Gasteiger partial charge on any atom is -0.497 e. The number of hydrogen-bond donors (Lipinski definition) is 1. The van der Waals surface area contributed by atoms with Gasteiger partial charge in [-0.25, -0.2) is 9.19 Å². The van der Waals surface area contributed by atoms with Crippen molar-refractivity contribution in [2.24, 2.45) is 0 Å². The SMILES string of the molecule is COc1ccc(S(=O)NC(=O)c2ccc(Cn3cccn3)c(OC)n2)c(OC)c1. The number of carbonyl (C=O) groups excluding carboxylic acids is 1. The molecule has 2 aromatic heterocycles. The van der Waals surface area contributed by atoms with Gasteiger partial charge in [0.2, 0.25) is 5.88 Å². The van der Waals surface area contributed by atoms with Crippen LogP contribution in [-0.2, 0) is 17.5 Å². The van der Waals surface area contributed by atoms with Gasteiger partial charge in [0.05, 0.1) is 27.9 Å². The minimum absolute atomic E-state index is 0.0758. The van der Waals surface area contributed by atoms with Gasteiger partial charge in [-0.15, -0.1) is 0 Å². The fourth-order valence-corrected chi connectivity index (χ4v) is 3.48. The van der Waals surface area contributed by atoms with Crippen LogP contribution in [0.15, 0.2) is 53.7 Å². The summed E-state index contributed by atoms with van der Waals surface area (Å²) in [6, 6.07) is 9.86. The van der Waals surface area contributed by atoms with Crippen molar-refractivity contribution in [1.29, 1.82) is 0 Å². The molecule has 0 fully saturated rings. The Morgan fingerprint density at radius 2 is 1.97 bits per heavy atom. The summed E-state index contributed by atoms with van der Waals surface area (Å²) in [6.45, 7) is 0.444. The molecule has 0 aliphatic carbocycles. The third-order valence-electron chi connectivity index (χ3n) is 4.01. The molecule has 0 bridgehead atoms. The van der Waals surface area contributed by atoms with Crippen molar-refractivity contribution in [3.05, 3.63) is 60.0 Å². The molecule has 1 unspecified atom stereocenters. The average molecular weight is 416 g/mol. The van der Waals surface area contributed by atoms with Gasteiger partial charge in [-0.3, -0.25) is 14.2 Å². The van der Waals surface area contributed by atoms with Crippen molar-refractivity contribution in [3.63, 3.8) is 0 Å². The summed E-state index contributed by atoms with van der Waals surface area (Å²) in [4.78, 5) is 17.1. The van der Waals surface area contributed by atoms with Crippen molar-refractivity contribution < 1.29 is 23.2 Å². The van der Waals surface area contributed by atoms with Crippen LogP contribution in [0.5, 0.6) is 17.4 Å². The van der Waals surface area contributed by atoms with Gasteiger partial charge in [-0.05, 0) is 30.3 Å². The molecule has 0 saturated heterocycles. The van der Waals surface area contributed by atoms with Gasteiger partial charge in [-0.1, -0.05) is 0 Å². The van der Waals surface area contributed by atoms with Gasteiger partial charge in [0.25, 0.3) is 5.91 Å². The largest absolute Gasteiger partial charge is 0.497 e. The lowest BCUT2D eigenvalue weighted by molar-refractivity contribution is 0.0977. The van der Waals surface area contributed by atoms with Crippen molar-refractivity contribution >= 4 is 16.9 Å². The Balaban J connectivity index is 1.77. The molecule has 0 radical (unpaired) electrons. The predicted molar refractivity (Wildman–Crippen MR) is 106 cm³/mol. The van der Waals surface area contributed by atoms with Gasteiger partial charge < -0.3 is 14.2 Å². The number of methoxy groups -OCH3 is 3. The zero-order chi connectivity index (χ0) is 20.8. The topological polar surface area (TPSA) is 105 Å². The van der Waals surface area contributed by atoms with E-state index in [4.69, 9.17) is 14.2 Å². The molecular weight excluding hydrogens is 396 g/mol. The number of benzene rings is 1. The zero-order valence-corrected chi connectivity index (χ0v) is 16.9. The number of rotatable bonds is 8. The Hall–Kier alpha value is -3.40. The highest BCUT2D eigenvalue weighted by molar-refractivity contribution is 7.83. The van der Waals surface area contributed by atoms with Crippen LogP contribution in [0.2, 0.25) is 0 Å². The fraction of sp³-hybridized carbons (Fsp3) is 0.211. The number of amides is 1. The number of pyridine rings is 1. The van der Waals surface area contributed by atoms with Crippen LogP contribution >= 0.6 is 0 Å². The summed E-state index contributed by atoms with van der Waals surface area (Å²) >= 11 is 0. The van der Waals surface area contributed by atoms with Crippen LogP contribution in [-0.4, -0.2) is 46.2 Å². The van der Waals surface area contributed by atoms with Gasteiger partial charge in [0, 0.05) is 24.0 Å². The second kappa shape index (κ2) is 9.20. The van der Waals surface area contributed by atoms with Crippen LogP contribution in [0.3, 0.4) is 0 Å². The first kappa shape index (κ1) is 20.3. The molecular formula is C19H20N4O5S. The number of nitrogens with zero attached hydrogens (tertiary/aromatic N) is 3. The Bertz CT molecular complexity index is 1020. The van der Waals surface area contributed by atoms with E-state index in [9.17, 15) is 9.00 Å². The maximum atomic E-state index is 12.6. The van der Waals surface area contributed by atoms with Gasteiger partial charge >= 0.3 is 0 Å². The molecule has 152 valence electrons. The van der Waals surface area contributed by atoms with E-state index < -0.39 is 16.9 Å². The molecule has 3 rings (SSSR count). The molecule has 0 aliphatic rings. The van der Waals surface area contributed by atoms with Crippen molar-refractivity contribution in [3.8, 4) is 17.4 Å². The summed E-state index contributed by atoms with van der Waals surface area (Å²) in [6.07, 6.45) is 3.48. The lowest BCUT2D eigenvalue weighted by Gasteiger charge is -2.12. The van der Waals surface area contributed by atoms with E-state index in [1.807, 2.05) is 12.3 Å². The number of carbonyl (C=O) groups is 1. The smallest absolute Gasteiger partial charge is 0.281 e. The van der Waals surface area contributed by atoms with E-state index in [1.54, 1.807) is 41.2 Å². The Morgan fingerprint density at radius 3 is 2.62 bits per heavy atom. The predicted octanol–water partition coefficient (Wildman–Crippen LogP) is 1.80. The molecule has 0 aliphatic heterocycles. The van der Waals surface area contributed by atoms with Crippen LogP contribution in [0.4, 0.5) is 0 Å². The minimum atomic E-state index is -1.85. The standard InChI is InChI=1S/C19H20N4O5S/c1-26-14-6-8-17(16(11-14)27-2)29(25)22-18(24)15-7-5-13(19(21-15)28-3)12-23-10-4-9-20-23/h4-11H,12H2,1-3H3,(H,22,24). The maximum absolute atomic E-state index is 12.6. The first-order valence-electron chi connectivity index (χ1n) is 8.51. The summed E-state index contributed by atoms with van der Waals surface area (Å²) in [5.74, 6) is 0.572. The molecule has 1 amide bonds. The second-order valence-corrected chi connectivity index (χ2v) is 6.97. The van der Waals surface area contributed by atoms with Crippen molar-refractivity contribution in [2.75, 3.05) is 21.3 Å². The highest BCUT2D eigenvalue weighted by atomic mass is 32.2. The molecule has 9 nitrogen and oxygen atoms in total. The van der Waals surface area contributed by atoms with Crippen LogP contribution in [0.25, 0.3) is 0 Å². The Labute approximate surface area is 170 Å². The second-order valence-electron chi connectivity index (χ2n) is 5.79. The first-order chi connectivity index (χ1) is 14.0. The molecule has 1 atom stereocenters. The maximum Gasteiger partial charge on any atom is 0.281 e. The molecule has 0 spiro atoms. The number of hydrogen-bond acceptors (Lipinski definition) is 7. The third kappa shape index (κ3) is 4.72. The lowest BCUT2D eigenvalue weighted by Crippen LogP contribution is -2.27.